The maximum absolute atomic E-state index is 12.3. The summed E-state index contributed by atoms with van der Waals surface area (Å²) in [6.07, 6.45) is 5.86. The number of nitrogen functional groups attached to an aromatic ring is 2. The van der Waals surface area contributed by atoms with Crippen LogP contribution in [0.1, 0.15) is 32.0 Å². The van der Waals surface area contributed by atoms with E-state index >= 15 is 0 Å². The molecule has 27 heteroatoms. The smallest absolute Gasteiger partial charge is 0.407 e. The van der Waals surface area contributed by atoms with Crippen molar-refractivity contribution in [1.82, 2.24) is 35.9 Å². The fraction of sp³-hybridized carbons (Fsp3) is 0.246. The number of aliphatic hydroxyl groups excluding tert-OH is 1. The van der Waals surface area contributed by atoms with E-state index in [-0.39, 0.29) is 36.4 Å². The van der Waals surface area contributed by atoms with Crippen LogP contribution in [-0.4, -0.2) is 124 Å². The van der Waals surface area contributed by atoms with Crippen molar-refractivity contribution >= 4 is 137 Å². The Balaban J connectivity index is 0.000000203. The number of nitriles is 2. The van der Waals surface area contributed by atoms with Gasteiger partial charge < -0.3 is 71.7 Å². The first-order chi connectivity index (χ1) is 44.6. The molecule has 4 aromatic carbocycles. The third kappa shape index (κ3) is 20.1. The number of ether oxygens (including phenoxy) is 5. The number of aromatic nitrogens is 4. The molecule has 0 bridgehead atoms. The van der Waals surface area contributed by atoms with Gasteiger partial charge in [-0.15, -0.1) is 45.3 Å². The maximum atomic E-state index is 12.3. The maximum Gasteiger partial charge on any atom is 0.407 e. The number of aliphatic hydroxyl groups is 1. The summed E-state index contributed by atoms with van der Waals surface area (Å²) in [4.78, 5) is 58.4. The Kier molecular flexibility index (Phi) is 25.5. The summed E-state index contributed by atoms with van der Waals surface area (Å²) in [5.74, 6) is -0.0735. The number of hydrogen-bond acceptors (Lipinski definition) is 24. The Bertz CT molecular complexity index is 4170. The number of carbonyl (C=O) groups is 3. The van der Waals surface area contributed by atoms with E-state index < -0.39 is 17.9 Å². The first kappa shape index (κ1) is 68.1. The van der Waals surface area contributed by atoms with Crippen LogP contribution in [0.15, 0.2) is 133 Å². The van der Waals surface area contributed by atoms with Crippen molar-refractivity contribution in [2.75, 3.05) is 102 Å². The fourth-order valence-electron chi connectivity index (χ4n) is 8.52. The van der Waals surface area contributed by atoms with Gasteiger partial charge in [-0.3, -0.25) is 9.59 Å². The molecule has 0 saturated carbocycles. The van der Waals surface area contributed by atoms with Crippen LogP contribution < -0.4 is 52.4 Å². The number of nitrogens with one attached hydrogen (secondary N) is 3. The number of benzene rings is 4. The Morgan fingerprint density at radius 1 is 0.576 bits per heavy atom. The number of likely N-dealkylation sites (N-methyl/N-ethyl adjacent to an activating group) is 2. The molecule has 3 amide bonds. The van der Waals surface area contributed by atoms with E-state index in [0.29, 0.717) is 77.3 Å². The molecule has 0 fully saturated rings. The van der Waals surface area contributed by atoms with Gasteiger partial charge in [-0.2, -0.15) is 20.5 Å². The Labute approximate surface area is 546 Å². The molecular weight excluding hydrogens is 1250 g/mol. The minimum absolute atomic E-state index is 0.0525. The van der Waals surface area contributed by atoms with Gasteiger partial charge in [-0.25, -0.2) is 14.8 Å². The number of anilines is 4. The molecule has 0 aliphatic heterocycles. The average molecular weight is 1320 g/mol. The Hall–Kier alpha value is -9.81. The zero-order chi connectivity index (χ0) is 65.4. The predicted octanol–water partition coefficient (Wildman–Crippen LogP) is 9.41. The van der Waals surface area contributed by atoms with Gasteiger partial charge in [0.05, 0.1) is 36.4 Å². The van der Waals surface area contributed by atoms with Crippen molar-refractivity contribution in [3.05, 3.63) is 165 Å². The lowest BCUT2D eigenvalue weighted by molar-refractivity contribution is -0.118. The summed E-state index contributed by atoms with van der Waals surface area (Å²) < 4.78 is 30.7. The standard InChI is InChI=1S/C33H33N7O5S2.C20H21N3O3S2.C12H14N4O/c1-40(10-12-44-33(42)38-19-21-3-5-22(6-4-21)20-45-32-37-8-7-29(35)39-32)30-17-24-16-27-23(15-28(24)47-30)13-26(46-27)14-25(18-34)31(41)36-9-11-43-2;1-23(4-5-24)19-11-14-10-17-13(9-18(14)28-19)7-16(27-17)8-15(12-21)20(25)22-3-6-26-2;13-7-9-1-3-10(4-2-9)8-17-12-15-6-5-11(14)16-12/h3-8,13-17H,9-12,19-20H2,1-2H3,(H,36,41)(H,38,42)(H2,35,37,39);7-11,24H,3-6H2,1-2H3,(H,22,25);1-6H,7-8,13H2,(H2,14,15,16)/b25-14+;15-8+;. The van der Waals surface area contributed by atoms with E-state index in [4.69, 9.17) is 46.0 Å². The van der Waals surface area contributed by atoms with Gasteiger partial charge in [0.1, 0.15) is 54.7 Å². The van der Waals surface area contributed by atoms with Crippen LogP contribution in [0.25, 0.3) is 52.5 Å². The van der Waals surface area contributed by atoms with Crippen LogP contribution in [0.3, 0.4) is 0 Å². The monoisotopic (exact) mass is 1320 g/mol. The van der Waals surface area contributed by atoms with Crippen molar-refractivity contribution in [2.24, 2.45) is 5.73 Å². The SMILES string of the molecule is COCCNC(=O)/C(C#N)=C/c1cc2cc3sc(N(C)CCO)cc3cc2s1.COCCNC(=O)/C(C#N)=C/c1cc2cc3sc(N(C)CCOC(=O)NCc4ccc(COc5nccc(N)n5)cc4)cc3cc2s1.NCc1ccc(COc2nccc(N)n2)cc1. The lowest BCUT2D eigenvalue weighted by Crippen LogP contribution is -2.28. The van der Waals surface area contributed by atoms with E-state index in [0.717, 1.165) is 77.7 Å². The zero-order valence-corrected chi connectivity index (χ0v) is 54.1. The lowest BCUT2D eigenvalue weighted by atomic mass is 10.1. The molecule has 92 heavy (non-hydrogen) atoms. The van der Waals surface area contributed by atoms with Crippen LogP contribution in [0.5, 0.6) is 12.0 Å². The number of nitrogens with two attached hydrogens (primary N) is 3. The summed E-state index contributed by atoms with van der Waals surface area (Å²) in [6.45, 7) is 4.53. The molecule has 0 spiro atoms. The second-order valence-electron chi connectivity index (χ2n) is 20.2. The molecule has 476 valence electrons. The van der Waals surface area contributed by atoms with Gasteiger partial charge >= 0.3 is 18.1 Å². The normalized spacial score (nSPS) is 11.2. The summed E-state index contributed by atoms with van der Waals surface area (Å²) >= 11 is 6.39. The largest absolute Gasteiger partial charge is 0.459 e. The number of nitrogens with zero attached hydrogens (tertiary/aromatic N) is 8. The molecule has 10 rings (SSSR count). The highest BCUT2D eigenvalue weighted by molar-refractivity contribution is 7.24. The van der Waals surface area contributed by atoms with Gasteiger partial charge in [0, 0.05) is 102 Å². The van der Waals surface area contributed by atoms with Gasteiger partial charge in [-0.05, 0) is 117 Å². The quantitative estimate of drug-likeness (QED) is 0.0151. The molecule has 10 aromatic rings. The predicted molar refractivity (Wildman–Crippen MR) is 366 cm³/mol. The van der Waals surface area contributed by atoms with E-state index in [1.54, 1.807) is 78.7 Å². The number of carbonyl (C=O) groups excluding carboxylic acids is 3. The van der Waals surface area contributed by atoms with E-state index in [9.17, 15) is 24.9 Å². The van der Waals surface area contributed by atoms with Crippen LogP contribution in [0.2, 0.25) is 0 Å². The number of methoxy groups -OCH3 is 2. The van der Waals surface area contributed by atoms with Gasteiger partial charge in [0.25, 0.3) is 11.8 Å². The van der Waals surface area contributed by atoms with E-state index in [2.05, 4.69) is 77.2 Å². The second-order valence-corrected chi connectivity index (χ2v) is 24.5. The van der Waals surface area contributed by atoms with Crippen LogP contribution in [-0.2, 0) is 50.1 Å². The van der Waals surface area contributed by atoms with E-state index in [1.165, 1.54) is 22.2 Å². The van der Waals surface area contributed by atoms with Crippen LogP contribution in [0, 0.1) is 22.7 Å². The highest BCUT2D eigenvalue weighted by atomic mass is 32.1. The first-order valence-electron chi connectivity index (χ1n) is 28.6. The third-order valence-electron chi connectivity index (χ3n) is 13.4. The van der Waals surface area contributed by atoms with Crippen molar-refractivity contribution in [3.8, 4) is 24.2 Å². The van der Waals surface area contributed by atoms with Gasteiger partial charge in [0.15, 0.2) is 0 Å². The minimum atomic E-state index is -0.488. The van der Waals surface area contributed by atoms with Gasteiger partial charge in [-0.1, -0.05) is 48.5 Å². The highest BCUT2D eigenvalue weighted by Crippen LogP contribution is 2.39. The van der Waals surface area contributed by atoms with Gasteiger partial charge in [0.2, 0.25) is 0 Å². The van der Waals surface area contributed by atoms with Crippen LogP contribution in [0.4, 0.5) is 26.4 Å². The van der Waals surface area contributed by atoms with Crippen molar-refractivity contribution in [2.45, 2.75) is 26.3 Å². The molecule has 0 aliphatic rings. The summed E-state index contributed by atoms with van der Waals surface area (Å²) in [5.41, 5.74) is 20.8. The second kappa shape index (κ2) is 34.4. The molecule has 23 nitrogen and oxygen atoms in total. The number of rotatable bonds is 26. The molecule has 0 aliphatic carbocycles. The minimum Gasteiger partial charge on any atom is -0.459 e. The number of alkyl carbamates (subject to hydrolysis) is 1. The molecule has 0 atom stereocenters. The number of thiophene rings is 4. The highest BCUT2D eigenvalue weighted by Gasteiger charge is 2.16. The number of fused-ring (bicyclic) bond motifs is 4. The molecule has 0 radical (unpaired) electrons. The molecule has 6 heterocycles. The van der Waals surface area contributed by atoms with Crippen LogP contribution >= 0.6 is 45.3 Å². The molecule has 10 N–H and O–H groups in total. The molecule has 0 saturated heterocycles. The van der Waals surface area contributed by atoms with E-state index in [1.807, 2.05) is 91.8 Å². The Morgan fingerprint density at radius 3 is 1.42 bits per heavy atom. The molecule has 0 unspecified atom stereocenters. The third-order valence-corrected chi connectivity index (χ3v) is 17.9. The summed E-state index contributed by atoms with van der Waals surface area (Å²) in [6, 6.07) is 39.9. The fourth-order valence-corrected chi connectivity index (χ4v) is 12.8. The number of hydrogen-bond donors (Lipinski definition) is 7. The lowest BCUT2D eigenvalue weighted by Gasteiger charge is -2.16. The summed E-state index contributed by atoms with van der Waals surface area (Å²) in [5, 5.41) is 42.5. The molecule has 6 aromatic heterocycles. The summed E-state index contributed by atoms with van der Waals surface area (Å²) in [7, 11) is 7.04. The zero-order valence-electron chi connectivity index (χ0n) is 50.8. The number of amides is 3. The molecular formula is C65H68N14O9S4. The van der Waals surface area contributed by atoms with Crippen molar-refractivity contribution in [1.29, 1.82) is 10.5 Å². The topological polar surface area (TPSA) is 337 Å². The van der Waals surface area contributed by atoms with Crippen molar-refractivity contribution < 1.29 is 43.2 Å². The average Bonchev–Trinajstić information content (AvgIpc) is 1.66. The van der Waals surface area contributed by atoms with Crippen molar-refractivity contribution in [3.63, 3.8) is 0 Å². The Morgan fingerprint density at radius 2 is 1.00 bits per heavy atom. The first-order valence-corrected chi connectivity index (χ1v) is 31.8.